The van der Waals surface area contributed by atoms with Gasteiger partial charge in [-0.2, -0.15) is 0 Å². The van der Waals surface area contributed by atoms with Gasteiger partial charge in [0.05, 0.1) is 34.4 Å². The first-order valence-corrected chi connectivity index (χ1v) is 21.9. The van der Waals surface area contributed by atoms with Gasteiger partial charge in [-0.1, -0.05) is 160 Å². The van der Waals surface area contributed by atoms with Gasteiger partial charge in [-0.25, -0.2) is 4.79 Å². The van der Waals surface area contributed by atoms with Crippen LogP contribution in [0.15, 0.2) is 24.3 Å². The zero-order chi connectivity index (χ0) is 39.3. The Balaban J connectivity index is 4.23. The molecule has 0 amide bonds. The zero-order valence-electron chi connectivity index (χ0n) is 35.2. The molecular weight excluding hydrogens is 666 g/mol. The Morgan fingerprint density at radius 3 is 1.55 bits per heavy atom. The van der Waals surface area contributed by atoms with Crippen molar-refractivity contribution in [2.75, 3.05) is 41.0 Å². The van der Waals surface area contributed by atoms with E-state index in [9.17, 15) is 19.5 Å². The van der Waals surface area contributed by atoms with Gasteiger partial charge in [-0.3, -0.25) is 9.59 Å². The van der Waals surface area contributed by atoms with Gasteiger partial charge in [0.1, 0.15) is 6.61 Å². The van der Waals surface area contributed by atoms with E-state index in [1.165, 1.54) is 109 Å². The Bertz CT molecular complexity index is 926. The number of carbonyl (C=O) groups excluding carboxylic acids is 2. The van der Waals surface area contributed by atoms with Crippen LogP contribution < -0.4 is 0 Å². The number of aliphatic carboxylic acids is 1. The molecule has 0 radical (unpaired) electrons. The number of esters is 2. The van der Waals surface area contributed by atoms with Crippen LogP contribution in [-0.4, -0.2) is 80.6 Å². The molecule has 0 spiro atoms. The summed E-state index contributed by atoms with van der Waals surface area (Å²) in [5.74, 6) is -1.50. The third kappa shape index (κ3) is 35.3. The summed E-state index contributed by atoms with van der Waals surface area (Å²) in [5.41, 5.74) is 0. The van der Waals surface area contributed by atoms with E-state index in [-0.39, 0.29) is 36.2 Å². The highest BCUT2D eigenvalue weighted by Gasteiger charge is 2.31. The molecule has 0 fully saturated rings. The average molecular weight is 751 g/mol. The van der Waals surface area contributed by atoms with E-state index in [0.29, 0.717) is 19.3 Å². The number of ether oxygens (including phenoxy) is 3. The quantitative estimate of drug-likeness (QED) is 0.0289. The van der Waals surface area contributed by atoms with Crippen LogP contribution in [0.1, 0.15) is 194 Å². The number of carboxylic acid groups (broad SMARTS) is 1. The Morgan fingerprint density at radius 2 is 1.06 bits per heavy atom. The summed E-state index contributed by atoms with van der Waals surface area (Å²) < 4.78 is 17.2. The normalized spacial score (nSPS) is 13.2. The second-order valence-corrected chi connectivity index (χ2v) is 15.9. The van der Waals surface area contributed by atoms with Gasteiger partial charge in [0.2, 0.25) is 0 Å². The van der Waals surface area contributed by atoms with Crippen molar-refractivity contribution in [3.05, 3.63) is 24.3 Å². The van der Waals surface area contributed by atoms with Gasteiger partial charge < -0.3 is 23.8 Å². The number of likely N-dealkylation sites (N-methyl/N-ethyl adjacent to an activating group) is 1. The van der Waals surface area contributed by atoms with Crippen molar-refractivity contribution in [1.82, 2.24) is 0 Å². The lowest BCUT2D eigenvalue weighted by atomic mass is 10.0. The number of hydrogen-bond acceptors (Lipinski definition) is 6. The number of nitrogens with zero attached hydrogens (tertiary/aromatic N) is 1. The van der Waals surface area contributed by atoms with Crippen molar-refractivity contribution in [3.8, 4) is 0 Å². The van der Waals surface area contributed by atoms with E-state index < -0.39 is 18.1 Å². The van der Waals surface area contributed by atoms with E-state index in [2.05, 4.69) is 38.2 Å². The predicted molar refractivity (Wildman–Crippen MR) is 220 cm³/mol. The molecule has 0 aromatic heterocycles. The highest BCUT2D eigenvalue weighted by molar-refractivity contribution is 5.72. The lowest BCUT2D eigenvalue weighted by Gasteiger charge is -2.31. The summed E-state index contributed by atoms with van der Waals surface area (Å²) in [6.07, 6.45) is 39.6. The van der Waals surface area contributed by atoms with Crippen LogP contribution in [0.5, 0.6) is 0 Å². The minimum absolute atomic E-state index is 0.0546. The third-order valence-electron chi connectivity index (χ3n) is 9.87. The molecule has 8 heteroatoms. The smallest absolute Gasteiger partial charge is 0.362 e. The molecule has 1 N–H and O–H groups in total. The van der Waals surface area contributed by atoms with E-state index in [1.807, 2.05) is 21.1 Å². The third-order valence-corrected chi connectivity index (χ3v) is 9.87. The summed E-state index contributed by atoms with van der Waals surface area (Å²) >= 11 is 0. The molecule has 0 rings (SSSR count). The maximum atomic E-state index is 12.7. The highest BCUT2D eigenvalue weighted by atomic mass is 16.6. The van der Waals surface area contributed by atoms with Gasteiger partial charge in [-0.05, 0) is 38.5 Å². The summed E-state index contributed by atoms with van der Waals surface area (Å²) in [6, 6.07) is -0.615. The van der Waals surface area contributed by atoms with Gasteiger partial charge >= 0.3 is 17.9 Å². The number of carbonyl (C=O) groups is 3. The van der Waals surface area contributed by atoms with Gasteiger partial charge in [0.15, 0.2) is 12.1 Å². The van der Waals surface area contributed by atoms with Gasteiger partial charge in [0, 0.05) is 19.3 Å². The summed E-state index contributed by atoms with van der Waals surface area (Å²) in [5, 5.41) is 9.60. The average Bonchev–Trinajstić information content (AvgIpc) is 3.11. The maximum Gasteiger partial charge on any atom is 0.362 e. The zero-order valence-corrected chi connectivity index (χ0v) is 35.2. The van der Waals surface area contributed by atoms with Crippen molar-refractivity contribution >= 4 is 17.9 Å². The predicted octanol–water partition coefficient (Wildman–Crippen LogP) is 11.7. The molecule has 0 bridgehead atoms. The Morgan fingerprint density at radius 1 is 0.585 bits per heavy atom. The summed E-state index contributed by atoms with van der Waals surface area (Å²) in [7, 11) is 5.52. The molecular formula is C45H84NO7+. The molecule has 0 aromatic rings. The van der Waals surface area contributed by atoms with Crippen LogP contribution in [-0.2, 0) is 28.6 Å². The first-order chi connectivity index (χ1) is 25.6. The van der Waals surface area contributed by atoms with Crippen LogP contribution in [0.25, 0.3) is 0 Å². The largest absolute Gasteiger partial charge is 0.477 e. The minimum atomic E-state index is -0.878. The fourth-order valence-electron chi connectivity index (χ4n) is 6.48. The number of unbranched alkanes of at least 4 members (excludes halogenated alkanes) is 21. The standard InChI is InChI=1S/C45H83NO7/c1-6-8-10-12-14-16-17-18-19-20-21-22-23-24-25-26-28-30-32-34-36-44(48)53-41(39-51-38-37-42(45(49)50)46(3,4)5)40-52-43(47)35-33-31-29-27-15-13-11-9-7-2/h9,11,15,27,41-42H,6-8,10,12-14,16-26,28-40H2,1-5H3/p+1/b11-9+,27-15+. The van der Waals surface area contributed by atoms with Crippen molar-refractivity contribution in [2.24, 2.45) is 0 Å². The van der Waals surface area contributed by atoms with E-state index in [1.54, 1.807) is 0 Å². The number of carboxylic acids is 1. The first kappa shape index (κ1) is 50.8. The Kier molecular flexibility index (Phi) is 35.2. The first-order valence-electron chi connectivity index (χ1n) is 21.9. The molecule has 2 atom stereocenters. The monoisotopic (exact) mass is 751 g/mol. The lowest BCUT2D eigenvalue weighted by molar-refractivity contribution is -0.887. The minimum Gasteiger partial charge on any atom is -0.477 e. The molecule has 0 saturated heterocycles. The molecule has 0 aliphatic rings. The van der Waals surface area contributed by atoms with Crippen molar-refractivity contribution in [2.45, 2.75) is 206 Å². The fraction of sp³-hybridized carbons (Fsp3) is 0.844. The molecule has 2 unspecified atom stereocenters. The second kappa shape index (κ2) is 36.8. The number of allylic oxidation sites excluding steroid dienone is 4. The Hall–Kier alpha value is -2.19. The summed E-state index contributed by atoms with van der Waals surface area (Å²) in [6.45, 7) is 4.59. The van der Waals surface area contributed by atoms with E-state index in [0.717, 1.165) is 51.4 Å². The molecule has 0 saturated carbocycles. The summed E-state index contributed by atoms with van der Waals surface area (Å²) in [4.78, 5) is 36.8. The SMILES string of the molecule is CC/C=C/C/C=C/CCCCC(=O)OCC(COCCC(C(=O)O)[N+](C)(C)C)OC(=O)CCCCCCCCCCCCCCCCCCCCCC. The second-order valence-electron chi connectivity index (χ2n) is 15.9. The van der Waals surface area contributed by atoms with Crippen LogP contribution in [0.4, 0.5) is 0 Å². The number of hydrogen-bond donors (Lipinski definition) is 1. The molecule has 0 aliphatic carbocycles. The molecule has 53 heavy (non-hydrogen) atoms. The molecule has 0 aromatic carbocycles. The van der Waals surface area contributed by atoms with Crippen LogP contribution in [0, 0.1) is 0 Å². The highest BCUT2D eigenvalue weighted by Crippen LogP contribution is 2.16. The molecule has 8 nitrogen and oxygen atoms in total. The molecule has 310 valence electrons. The van der Waals surface area contributed by atoms with E-state index >= 15 is 0 Å². The van der Waals surface area contributed by atoms with Gasteiger partial charge in [0.25, 0.3) is 0 Å². The van der Waals surface area contributed by atoms with Crippen molar-refractivity contribution < 1.29 is 38.2 Å². The van der Waals surface area contributed by atoms with Crippen LogP contribution >= 0.6 is 0 Å². The van der Waals surface area contributed by atoms with E-state index in [4.69, 9.17) is 14.2 Å². The van der Waals surface area contributed by atoms with Crippen molar-refractivity contribution in [3.63, 3.8) is 0 Å². The van der Waals surface area contributed by atoms with Crippen LogP contribution in [0.3, 0.4) is 0 Å². The topological polar surface area (TPSA) is 99.1 Å². The van der Waals surface area contributed by atoms with Crippen LogP contribution in [0.2, 0.25) is 0 Å². The molecule has 0 heterocycles. The fourth-order valence-corrected chi connectivity index (χ4v) is 6.48. The molecule has 0 aliphatic heterocycles. The van der Waals surface area contributed by atoms with Gasteiger partial charge in [-0.15, -0.1) is 0 Å². The number of quaternary nitrogens is 1. The lowest BCUT2D eigenvalue weighted by Crippen LogP contribution is -2.50. The maximum absolute atomic E-state index is 12.7. The van der Waals surface area contributed by atoms with Crippen molar-refractivity contribution in [1.29, 1.82) is 0 Å². The number of rotatable bonds is 39. The Labute approximate surface area is 326 Å².